The molecule has 0 bridgehead atoms. The fraction of sp³-hybridized carbons (Fsp3) is 1.00. The molecule has 0 fully saturated rings. The van der Waals surface area contributed by atoms with Gasteiger partial charge in [0.2, 0.25) is 0 Å². The fourth-order valence-electron chi connectivity index (χ4n) is 0.354. The van der Waals surface area contributed by atoms with E-state index >= 15 is 0 Å². The van der Waals surface area contributed by atoms with Gasteiger partial charge in [-0.1, -0.05) is 0 Å². The molecule has 0 radical (unpaired) electrons. The molecular formula is C9H30N6Ni+2. The van der Waals surface area contributed by atoms with Crippen molar-refractivity contribution in [3.05, 3.63) is 0 Å². The average Bonchev–Trinajstić information content (AvgIpc) is 2.23. The van der Waals surface area contributed by atoms with Gasteiger partial charge in [-0.3, -0.25) is 0 Å². The molecule has 0 spiro atoms. The van der Waals surface area contributed by atoms with Crippen molar-refractivity contribution in [2.45, 2.75) is 19.3 Å². The van der Waals surface area contributed by atoms with Crippen LogP contribution in [0.1, 0.15) is 19.3 Å². The van der Waals surface area contributed by atoms with Crippen molar-refractivity contribution < 1.29 is 16.5 Å². The first-order chi connectivity index (χ1) is 7.24. The van der Waals surface area contributed by atoms with E-state index in [1.165, 1.54) is 0 Å². The van der Waals surface area contributed by atoms with Crippen LogP contribution >= 0.6 is 0 Å². The SMILES string of the molecule is NCCCN.NCCCN.NCCCN.[Ni+2]. The summed E-state index contributed by atoms with van der Waals surface area (Å²) in [5.41, 5.74) is 30.4. The van der Waals surface area contributed by atoms with Crippen molar-refractivity contribution in [2.24, 2.45) is 34.4 Å². The topological polar surface area (TPSA) is 156 Å². The van der Waals surface area contributed by atoms with Gasteiger partial charge in [0.1, 0.15) is 0 Å². The van der Waals surface area contributed by atoms with Crippen LogP contribution in [0.3, 0.4) is 0 Å². The maximum atomic E-state index is 5.06. The summed E-state index contributed by atoms with van der Waals surface area (Å²) < 4.78 is 0. The molecule has 104 valence electrons. The Balaban J connectivity index is -0.0000000655. The predicted molar refractivity (Wildman–Crippen MR) is 68.2 cm³/mol. The first kappa shape index (κ1) is 25.2. The van der Waals surface area contributed by atoms with E-state index in [0.29, 0.717) is 0 Å². The fourth-order valence-corrected chi connectivity index (χ4v) is 0.354. The molecule has 6 nitrogen and oxygen atoms in total. The average molecular weight is 281 g/mol. The minimum atomic E-state index is 0. The van der Waals surface area contributed by atoms with E-state index in [0.717, 1.165) is 58.5 Å². The van der Waals surface area contributed by atoms with Crippen LogP contribution in [0, 0.1) is 0 Å². The summed E-state index contributed by atoms with van der Waals surface area (Å²) >= 11 is 0. The molecule has 0 atom stereocenters. The summed E-state index contributed by atoms with van der Waals surface area (Å²) in [6.07, 6.45) is 2.83. The zero-order valence-corrected chi connectivity index (χ0v) is 11.1. The van der Waals surface area contributed by atoms with Gasteiger partial charge in [-0.25, -0.2) is 0 Å². The summed E-state index contributed by atoms with van der Waals surface area (Å²) in [6.45, 7) is 4.31. The summed E-state index contributed by atoms with van der Waals surface area (Å²) in [5.74, 6) is 0. The van der Waals surface area contributed by atoms with Gasteiger partial charge in [0.15, 0.2) is 0 Å². The van der Waals surface area contributed by atoms with Gasteiger partial charge in [-0.15, -0.1) is 0 Å². The van der Waals surface area contributed by atoms with Crippen LogP contribution in [0.2, 0.25) is 0 Å². The van der Waals surface area contributed by atoms with Crippen molar-refractivity contribution in [3.8, 4) is 0 Å². The van der Waals surface area contributed by atoms with Crippen molar-refractivity contribution in [1.29, 1.82) is 0 Å². The molecule has 0 aliphatic rings. The van der Waals surface area contributed by atoms with Crippen LogP contribution in [0.25, 0.3) is 0 Å². The maximum absolute atomic E-state index is 5.06. The Hall–Kier alpha value is 0.254. The first-order valence-electron chi connectivity index (χ1n) is 5.45. The summed E-state index contributed by atoms with van der Waals surface area (Å²) in [7, 11) is 0. The second-order valence-electron chi connectivity index (χ2n) is 2.79. The Morgan fingerprint density at radius 2 is 0.500 bits per heavy atom. The zero-order chi connectivity index (χ0) is 12.4. The van der Waals surface area contributed by atoms with E-state index in [-0.39, 0.29) is 16.5 Å². The molecule has 12 N–H and O–H groups in total. The minimum Gasteiger partial charge on any atom is -0.330 e. The van der Waals surface area contributed by atoms with Crippen molar-refractivity contribution in [3.63, 3.8) is 0 Å². The molecule has 0 aromatic rings. The number of hydrogen-bond acceptors (Lipinski definition) is 6. The Morgan fingerprint density at radius 1 is 0.375 bits per heavy atom. The number of nitrogens with two attached hydrogens (primary N) is 6. The number of rotatable bonds is 6. The van der Waals surface area contributed by atoms with Gasteiger partial charge in [-0.05, 0) is 58.5 Å². The van der Waals surface area contributed by atoms with Crippen LogP contribution in [-0.2, 0) is 16.5 Å². The van der Waals surface area contributed by atoms with Gasteiger partial charge >= 0.3 is 16.5 Å². The Kier molecular flexibility index (Phi) is 57.0. The molecule has 0 rings (SSSR count). The largest absolute Gasteiger partial charge is 2.00 e. The Labute approximate surface area is 110 Å². The molecule has 0 aliphatic heterocycles. The summed E-state index contributed by atoms with van der Waals surface area (Å²) in [5, 5.41) is 0. The molecule has 0 aromatic heterocycles. The van der Waals surface area contributed by atoms with Gasteiger partial charge in [0.25, 0.3) is 0 Å². The van der Waals surface area contributed by atoms with Crippen LogP contribution in [0.5, 0.6) is 0 Å². The standard InChI is InChI=1S/3C3H10N2.Ni/c3*4-2-1-3-5;/h3*1-5H2;/q;;;+2. The minimum absolute atomic E-state index is 0. The molecule has 7 heteroatoms. The molecule has 0 aliphatic carbocycles. The molecule has 0 saturated heterocycles. The van der Waals surface area contributed by atoms with Crippen molar-refractivity contribution in [1.82, 2.24) is 0 Å². The Bertz CT molecular complexity index is 56.8. The van der Waals surface area contributed by atoms with Crippen LogP contribution in [0.4, 0.5) is 0 Å². The van der Waals surface area contributed by atoms with Crippen LogP contribution in [0.15, 0.2) is 0 Å². The first-order valence-corrected chi connectivity index (χ1v) is 5.45. The summed E-state index contributed by atoms with van der Waals surface area (Å²) in [6, 6.07) is 0. The normalized spacial score (nSPS) is 7.88. The monoisotopic (exact) mass is 280 g/mol. The molecule has 0 aromatic carbocycles. The van der Waals surface area contributed by atoms with Gasteiger partial charge < -0.3 is 34.4 Å². The van der Waals surface area contributed by atoms with Gasteiger partial charge in [0, 0.05) is 0 Å². The van der Waals surface area contributed by atoms with Crippen molar-refractivity contribution >= 4 is 0 Å². The molecule has 0 unspecified atom stereocenters. The molecule has 0 amide bonds. The van der Waals surface area contributed by atoms with Crippen LogP contribution < -0.4 is 34.4 Å². The van der Waals surface area contributed by atoms with E-state index < -0.39 is 0 Å². The molecule has 0 heterocycles. The molecular weight excluding hydrogens is 251 g/mol. The zero-order valence-electron chi connectivity index (χ0n) is 10.1. The molecule has 16 heavy (non-hydrogen) atoms. The third kappa shape index (κ3) is 64.0. The maximum Gasteiger partial charge on any atom is 2.00 e. The number of hydrogen-bond donors (Lipinski definition) is 6. The Morgan fingerprint density at radius 3 is 0.500 bits per heavy atom. The van der Waals surface area contributed by atoms with E-state index in [9.17, 15) is 0 Å². The quantitative estimate of drug-likeness (QED) is 0.306. The third-order valence-corrected chi connectivity index (χ3v) is 1.22. The second-order valence-corrected chi connectivity index (χ2v) is 2.79. The van der Waals surface area contributed by atoms with Crippen molar-refractivity contribution in [2.75, 3.05) is 39.3 Å². The predicted octanol–water partition coefficient (Wildman–Crippen LogP) is -2.12. The van der Waals surface area contributed by atoms with Gasteiger partial charge in [-0.2, -0.15) is 0 Å². The van der Waals surface area contributed by atoms with E-state index in [1.807, 2.05) is 0 Å². The van der Waals surface area contributed by atoms with E-state index in [4.69, 9.17) is 34.4 Å². The third-order valence-electron chi connectivity index (χ3n) is 1.22. The molecule has 0 saturated carbocycles. The second kappa shape index (κ2) is 36.2. The summed E-state index contributed by atoms with van der Waals surface area (Å²) in [4.78, 5) is 0. The van der Waals surface area contributed by atoms with E-state index in [2.05, 4.69) is 0 Å². The van der Waals surface area contributed by atoms with Gasteiger partial charge in [0.05, 0.1) is 0 Å². The smallest absolute Gasteiger partial charge is 0.330 e. The van der Waals surface area contributed by atoms with Crippen LogP contribution in [-0.4, -0.2) is 39.3 Å². The van der Waals surface area contributed by atoms with E-state index in [1.54, 1.807) is 0 Å².